The molecule has 0 spiro atoms. The second-order valence-electron chi connectivity index (χ2n) is 9.70. The number of carbonyl (C=O) groups excluding carboxylic acids is 1. The molecule has 2 unspecified atom stereocenters. The van der Waals surface area contributed by atoms with Crippen molar-refractivity contribution in [2.45, 2.75) is 38.0 Å². The Balaban J connectivity index is 1.48. The van der Waals surface area contributed by atoms with Crippen LogP contribution in [0.2, 0.25) is 0 Å². The van der Waals surface area contributed by atoms with Crippen LogP contribution in [0, 0.1) is 5.82 Å². The summed E-state index contributed by atoms with van der Waals surface area (Å²) in [6, 6.07) is 25.1. The second-order valence-corrected chi connectivity index (χ2v) is 9.70. The maximum atomic E-state index is 14.0. The van der Waals surface area contributed by atoms with Crippen LogP contribution in [0.1, 0.15) is 46.9 Å². The average molecular weight is 511 g/mol. The molecule has 1 aliphatic heterocycles. The Bertz CT molecular complexity index is 1380. The summed E-state index contributed by atoms with van der Waals surface area (Å²) in [5.74, 6) is -0.134. The van der Waals surface area contributed by atoms with Gasteiger partial charge in [-0.05, 0) is 42.5 Å². The van der Waals surface area contributed by atoms with E-state index in [9.17, 15) is 14.3 Å². The Hall–Kier alpha value is -4.10. The highest BCUT2D eigenvalue weighted by molar-refractivity contribution is 6.00. The van der Waals surface area contributed by atoms with E-state index in [0.717, 1.165) is 24.0 Å². The van der Waals surface area contributed by atoms with Crippen LogP contribution in [-0.4, -0.2) is 45.5 Å². The van der Waals surface area contributed by atoms with Gasteiger partial charge in [-0.25, -0.2) is 14.4 Å². The van der Waals surface area contributed by atoms with Crippen molar-refractivity contribution in [3.63, 3.8) is 0 Å². The number of rotatable bonds is 7. The zero-order chi connectivity index (χ0) is 26.5. The largest absolute Gasteiger partial charge is 0.386 e. The lowest BCUT2D eigenvalue weighted by Gasteiger charge is -2.39. The van der Waals surface area contributed by atoms with E-state index in [1.54, 1.807) is 23.2 Å². The Morgan fingerprint density at radius 3 is 2.53 bits per heavy atom. The van der Waals surface area contributed by atoms with Crippen LogP contribution in [0.5, 0.6) is 0 Å². The zero-order valence-corrected chi connectivity index (χ0v) is 21.4. The zero-order valence-electron chi connectivity index (χ0n) is 21.4. The number of amides is 1. The lowest BCUT2D eigenvalue weighted by Crippen LogP contribution is -2.47. The first-order chi connectivity index (χ1) is 18.5. The predicted octanol–water partition coefficient (Wildman–Crippen LogP) is 5.65. The van der Waals surface area contributed by atoms with Gasteiger partial charge in [-0.2, -0.15) is 0 Å². The number of halogens is 1. The van der Waals surface area contributed by atoms with Crippen molar-refractivity contribution in [1.82, 2.24) is 14.9 Å². The molecule has 1 N–H and O–H groups in total. The molecule has 0 aliphatic carbocycles. The number of piperidine rings is 1. The summed E-state index contributed by atoms with van der Waals surface area (Å²) in [6.45, 7) is 1.12. The number of benzene rings is 3. The Morgan fingerprint density at radius 1 is 1.05 bits per heavy atom. The molecule has 0 bridgehead atoms. The van der Waals surface area contributed by atoms with Crippen molar-refractivity contribution >= 4 is 11.9 Å². The van der Waals surface area contributed by atoms with Gasteiger partial charge in [0.2, 0.25) is 5.95 Å². The first-order valence-corrected chi connectivity index (χ1v) is 12.9. The van der Waals surface area contributed by atoms with Crippen molar-refractivity contribution in [3.05, 3.63) is 114 Å². The van der Waals surface area contributed by atoms with Gasteiger partial charge >= 0.3 is 0 Å². The molecular weight excluding hydrogens is 479 g/mol. The van der Waals surface area contributed by atoms with Gasteiger partial charge in [0.25, 0.3) is 5.91 Å². The Kier molecular flexibility index (Phi) is 7.75. The fraction of sp³-hybridized carbons (Fsp3) is 0.258. The number of aliphatic hydroxyl groups is 1. The first kappa shape index (κ1) is 25.5. The fourth-order valence-corrected chi connectivity index (χ4v) is 5.06. The smallest absolute Gasteiger partial charge is 0.258 e. The molecule has 0 saturated carbocycles. The molecule has 38 heavy (non-hydrogen) atoms. The van der Waals surface area contributed by atoms with E-state index >= 15 is 0 Å². The molecule has 1 aliphatic rings. The third kappa shape index (κ3) is 5.58. The Morgan fingerprint density at radius 2 is 1.79 bits per heavy atom. The monoisotopic (exact) mass is 510 g/mol. The van der Waals surface area contributed by atoms with E-state index in [0.29, 0.717) is 42.3 Å². The van der Waals surface area contributed by atoms with Gasteiger partial charge in [-0.3, -0.25) is 4.79 Å². The normalized spacial score (nSPS) is 16.2. The minimum absolute atomic E-state index is 0.235. The van der Waals surface area contributed by atoms with Gasteiger partial charge in [0.05, 0.1) is 23.4 Å². The van der Waals surface area contributed by atoms with E-state index in [4.69, 9.17) is 4.98 Å². The molecule has 7 heteroatoms. The van der Waals surface area contributed by atoms with Crippen LogP contribution in [0.25, 0.3) is 11.3 Å². The van der Waals surface area contributed by atoms with Crippen molar-refractivity contribution in [2.24, 2.45) is 0 Å². The summed E-state index contributed by atoms with van der Waals surface area (Å²) < 4.78 is 13.9. The van der Waals surface area contributed by atoms with E-state index in [-0.39, 0.29) is 5.91 Å². The molecular formula is C31H31FN4O2. The highest BCUT2D eigenvalue weighted by Crippen LogP contribution is 2.32. The van der Waals surface area contributed by atoms with Crippen molar-refractivity contribution < 1.29 is 14.3 Å². The lowest BCUT2D eigenvalue weighted by molar-refractivity contribution is 0.0211. The number of anilines is 1. The highest BCUT2D eigenvalue weighted by Gasteiger charge is 2.35. The minimum atomic E-state index is -0.993. The highest BCUT2D eigenvalue weighted by atomic mass is 19.1. The number of hydrogen-bond donors (Lipinski definition) is 1. The molecule has 4 aromatic rings. The summed E-state index contributed by atoms with van der Waals surface area (Å²) in [6.07, 6.45) is 2.94. The SMILES string of the molecule is CN(Cc1ccccc1)c1ncc(C(=O)N2CCCCC2C(O)c2cccc(F)c2)c(-c2ccccc2)n1. The molecule has 2 heterocycles. The maximum absolute atomic E-state index is 14.0. The van der Waals surface area contributed by atoms with Crippen molar-refractivity contribution in [3.8, 4) is 11.3 Å². The molecule has 1 saturated heterocycles. The standard InChI is InChI=1S/C31H31FN4O2/c1-35(21-22-11-4-2-5-12-22)31-33-20-26(28(34-31)23-13-6-3-7-14-23)30(38)36-18-9-8-17-27(36)29(37)24-15-10-16-25(32)19-24/h2-7,10-16,19-20,27,29,37H,8-9,17-18,21H2,1H3. The minimum Gasteiger partial charge on any atom is -0.386 e. The summed E-state index contributed by atoms with van der Waals surface area (Å²) >= 11 is 0. The van der Waals surface area contributed by atoms with Crippen LogP contribution in [0.15, 0.2) is 91.1 Å². The number of hydrogen-bond acceptors (Lipinski definition) is 5. The van der Waals surface area contributed by atoms with E-state index in [1.165, 1.54) is 12.1 Å². The van der Waals surface area contributed by atoms with Gasteiger partial charge in [0.1, 0.15) is 5.82 Å². The quantitative estimate of drug-likeness (QED) is 0.348. The number of aromatic nitrogens is 2. The summed E-state index contributed by atoms with van der Waals surface area (Å²) in [7, 11) is 1.93. The molecule has 0 radical (unpaired) electrons. The maximum Gasteiger partial charge on any atom is 0.258 e. The average Bonchev–Trinajstić information content (AvgIpc) is 2.97. The van der Waals surface area contributed by atoms with Crippen LogP contribution >= 0.6 is 0 Å². The second kappa shape index (κ2) is 11.5. The van der Waals surface area contributed by atoms with Crippen LogP contribution in [0.4, 0.5) is 10.3 Å². The van der Waals surface area contributed by atoms with E-state index in [1.807, 2.05) is 72.6 Å². The van der Waals surface area contributed by atoms with E-state index in [2.05, 4.69) is 4.98 Å². The van der Waals surface area contributed by atoms with Gasteiger partial charge in [-0.15, -0.1) is 0 Å². The topological polar surface area (TPSA) is 69.6 Å². The number of carbonyl (C=O) groups is 1. The number of likely N-dealkylation sites (tertiary alicyclic amines) is 1. The molecule has 6 nitrogen and oxygen atoms in total. The molecule has 3 aromatic carbocycles. The molecule has 1 fully saturated rings. The molecule has 1 aromatic heterocycles. The van der Waals surface area contributed by atoms with Crippen molar-refractivity contribution in [2.75, 3.05) is 18.5 Å². The molecule has 5 rings (SSSR count). The summed E-state index contributed by atoms with van der Waals surface area (Å²) in [5.41, 5.74) is 3.33. The van der Waals surface area contributed by atoms with Gasteiger partial charge in [-0.1, -0.05) is 72.8 Å². The summed E-state index contributed by atoms with van der Waals surface area (Å²) in [5, 5.41) is 11.2. The van der Waals surface area contributed by atoms with Crippen LogP contribution < -0.4 is 4.90 Å². The van der Waals surface area contributed by atoms with Gasteiger partial charge in [0, 0.05) is 31.9 Å². The predicted molar refractivity (Wildman–Crippen MR) is 146 cm³/mol. The van der Waals surface area contributed by atoms with Gasteiger partial charge < -0.3 is 14.9 Å². The fourth-order valence-electron chi connectivity index (χ4n) is 5.06. The third-order valence-corrected chi connectivity index (χ3v) is 7.02. The Labute approximate surface area is 222 Å². The number of aliphatic hydroxyl groups excluding tert-OH is 1. The van der Waals surface area contributed by atoms with Crippen LogP contribution in [-0.2, 0) is 6.54 Å². The molecule has 194 valence electrons. The van der Waals surface area contributed by atoms with Crippen LogP contribution in [0.3, 0.4) is 0 Å². The van der Waals surface area contributed by atoms with Crippen molar-refractivity contribution in [1.29, 1.82) is 0 Å². The molecule has 1 amide bonds. The lowest BCUT2D eigenvalue weighted by atomic mass is 9.92. The molecule has 2 atom stereocenters. The summed E-state index contributed by atoms with van der Waals surface area (Å²) in [4.78, 5) is 27.1. The number of nitrogens with zero attached hydrogens (tertiary/aromatic N) is 4. The third-order valence-electron chi connectivity index (χ3n) is 7.02. The first-order valence-electron chi connectivity index (χ1n) is 12.9. The van der Waals surface area contributed by atoms with E-state index < -0.39 is 18.0 Å². The van der Waals surface area contributed by atoms with Gasteiger partial charge in [0.15, 0.2) is 0 Å².